The van der Waals surface area contributed by atoms with E-state index in [1.807, 2.05) is 12.1 Å². The van der Waals surface area contributed by atoms with Crippen LogP contribution in [0.5, 0.6) is 0 Å². The van der Waals surface area contributed by atoms with Crippen molar-refractivity contribution in [3.8, 4) is 0 Å². The van der Waals surface area contributed by atoms with Crippen molar-refractivity contribution in [1.82, 2.24) is 10.6 Å². The molecule has 0 bridgehead atoms. The molecule has 5 heteroatoms. The van der Waals surface area contributed by atoms with E-state index < -0.39 is 0 Å². The summed E-state index contributed by atoms with van der Waals surface area (Å²) in [6.45, 7) is 0.790. The lowest BCUT2D eigenvalue weighted by molar-refractivity contribution is 0.617. The smallest absolute Gasteiger partial charge is 0.166 e. The molecule has 0 aliphatic carbocycles. The van der Waals surface area contributed by atoms with E-state index >= 15 is 0 Å². The minimum Gasteiger partial charge on any atom is -0.366 e. The van der Waals surface area contributed by atoms with Gasteiger partial charge in [-0.05, 0) is 23.8 Å². The molecule has 0 saturated heterocycles. The largest absolute Gasteiger partial charge is 0.366 e. The highest BCUT2D eigenvalue weighted by Gasteiger charge is 2.00. The monoisotopic (exact) mass is 258 g/mol. The minimum atomic E-state index is -0.131. The normalized spacial score (nSPS) is 9.88. The van der Waals surface area contributed by atoms with Gasteiger partial charge >= 0.3 is 0 Å². The second-order valence-electron chi connectivity index (χ2n) is 3.15. The van der Waals surface area contributed by atoms with Crippen LogP contribution in [0.25, 0.3) is 0 Å². The van der Waals surface area contributed by atoms with Gasteiger partial charge in [-0.1, -0.05) is 18.2 Å². The topological polar surface area (TPSA) is 24.1 Å². The minimum absolute atomic E-state index is 0.131. The molecule has 1 aromatic carbocycles. The summed E-state index contributed by atoms with van der Waals surface area (Å²) in [5.41, 5.74) is 0.753. The van der Waals surface area contributed by atoms with Crippen LogP contribution in [-0.4, -0.2) is 24.5 Å². The number of halogens is 1. The standard InChI is InChI=1S/C11H15FN2S2/c1-13-11(15)14-6-7-16-8-9-4-2-3-5-10(9)12/h2-5H,6-8H2,1H3,(H2,13,14,15). The van der Waals surface area contributed by atoms with Crippen molar-refractivity contribution in [3.05, 3.63) is 35.6 Å². The van der Waals surface area contributed by atoms with Crippen LogP contribution < -0.4 is 10.6 Å². The lowest BCUT2D eigenvalue weighted by Gasteiger charge is -2.06. The van der Waals surface area contributed by atoms with E-state index in [-0.39, 0.29) is 5.82 Å². The highest BCUT2D eigenvalue weighted by molar-refractivity contribution is 7.98. The van der Waals surface area contributed by atoms with Crippen LogP contribution >= 0.6 is 24.0 Å². The Hall–Kier alpha value is -0.810. The number of rotatable bonds is 5. The van der Waals surface area contributed by atoms with Gasteiger partial charge in [-0.3, -0.25) is 0 Å². The van der Waals surface area contributed by atoms with Crippen molar-refractivity contribution < 1.29 is 4.39 Å². The fraction of sp³-hybridized carbons (Fsp3) is 0.364. The summed E-state index contributed by atoms with van der Waals surface area (Å²) in [4.78, 5) is 0. The average Bonchev–Trinajstić information content (AvgIpc) is 2.30. The van der Waals surface area contributed by atoms with Gasteiger partial charge in [-0.2, -0.15) is 11.8 Å². The van der Waals surface area contributed by atoms with Gasteiger partial charge in [-0.25, -0.2) is 4.39 Å². The molecule has 0 unspecified atom stereocenters. The predicted molar refractivity (Wildman–Crippen MR) is 72.2 cm³/mol. The number of hydrogen-bond acceptors (Lipinski definition) is 2. The van der Waals surface area contributed by atoms with Gasteiger partial charge in [0.2, 0.25) is 0 Å². The third-order valence-electron chi connectivity index (χ3n) is 1.97. The maximum absolute atomic E-state index is 13.2. The zero-order valence-electron chi connectivity index (χ0n) is 9.13. The molecule has 0 aliphatic rings. The summed E-state index contributed by atoms with van der Waals surface area (Å²) in [6.07, 6.45) is 0. The fourth-order valence-corrected chi connectivity index (χ4v) is 2.07. The molecular weight excluding hydrogens is 243 g/mol. The summed E-state index contributed by atoms with van der Waals surface area (Å²) in [7, 11) is 1.78. The van der Waals surface area contributed by atoms with Crippen molar-refractivity contribution in [1.29, 1.82) is 0 Å². The molecule has 0 heterocycles. The van der Waals surface area contributed by atoms with Crippen molar-refractivity contribution in [2.24, 2.45) is 0 Å². The highest BCUT2D eigenvalue weighted by Crippen LogP contribution is 2.14. The molecule has 0 amide bonds. The highest BCUT2D eigenvalue weighted by atomic mass is 32.2. The van der Waals surface area contributed by atoms with Crippen molar-refractivity contribution in [2.75, 3.05) is 19.3 Å². The van der Waals surface area contributed by atoms with Gasteiger partial charge in [-0.15, -0.1) is 0 Å². The molecule has 2 nitrogen and oxygen atoms in total. The molecular formula is C11H15FN2S2. The van der Waals surface area contributed by atoms with Gasteiger partial charge in [0.05, 0.1) is 0 Å². The number of thioether (sulfide) groups is 1. The Balaban J connectivity index is 2.17. The Bertz CT molecular complexity index is 345. The summed E-state index contributed by atoms with van der Waals surface area (Å²) >= 11 is 6.61. The first kappa shape index (κ1) is 13.3. The van der Waals surface area contributed by atoms with E-state index in [0.29, 0.717) is 10.9 Å². The first-order chi connectivity index (χ1) is 7.74. The molecule has 0 spiro atoms. The lowest BCUT2D eigenvalue weighted by Crippen LogP contribution is -2.33. The summed E-state index contributed by atoms with van der Waals surface area (Å²) < 4.78 is 13.2. The van der Waals surface area contributed by atoms with Crippen molar-refractivity contribution >= 4 is 29.1 Å². The van der Waals surface area contributed by atoms with Crippen LogP contribution in [0.15, 0.2) is 24.3 Å². The molecule has 2 N–H and O–H groups in total. The fourth-order valence-electron chi connectivity index (χ4n) is 1.12. The first-order valence-corrected chi connectivity index (χ1v) is 6.57. The second kappa shape index (κ2) is 7.46. The second-order valence-corrected chi connectivity index (χ2v) is 4.66. The van der Waals surface area contributed by atoms with Crippen LogP contribution in [0.1, 0.15) is 5.56 Å². The summed E-state index contributed by atoms with van der Waals surface area (Å²) in [5, 5.41) is 6.52. The summed E-state index contributed by atoms with van der Waals surface area (Å²) in [6, 6.07) is 6.86. The third-order valence-corrected chi connectivity index (χ3v) is 3.33. The molecule has 0 radical (unpaired) electrons. The van der Waals surface area contributed by atoms with E-state index in [2.05, 4.69) is 10.6 Å². The Labute approximate surface area is 105 Å². The Morgan fingerprint density at radius 1 is 1.44 bits per heavy atom. The van der Waals surface area contributed by atoms with Gasteiger partial charge in [0, 0.05) is 25.1 Å². The lowest BCUT2D eigenvalue weighted by atomic mass is 10.2. The van der Waals surface area contributed by atoms with Gasteiger partial charge in [0.15, 0.2) is 5.11 Å². The Kier molecular flexibility index (Phi) is 6.18. The molecule has 0 aromatic heterocycles. The van der Waals surface area contributed by atoms with Gasteiger partial charge in [0.1, 0.15) is 5.82 Å². The molecule has 1 aromatic rings. The third kappa shape index (κ3) is 4.81. The van der Waals surface area contributed by atoms with Gasteiger partial charge in [0.25, 0.3) is 0 Å². The maximum Gasteiger partial charge on any atom is 0.166 e. The average molecular weight is 258 g/mol. The van der Waals surface area contributed by atoms with Crippen molar-refractivity contribution in [2.45, 2.75) is 5.75 Å². The van der Waals surface area contributed by atoms with Crippen LogP contribution in [0.3, 0.4) is 0 Å². The van der Waals surface area contributed by atoms with E-state index in [9.17, 15) is 4.39 Å². The quantitative estimate of drug-likeness (QED) is 0.624. The predicted octanol–water partition coefficient (Wildman–Crippen LogP) is 2.15. The number of hydrogen-bond donors (Lipinski definition) is 2. The molecule has 0 aliphatic heterocycles. The van der Waals surface area contributed by atoms with Gasteiger partial charge < -0.3 is 10.6 Å². The van der Waals surface area contributed by atoms with Crippen LogP contribution in [0.2, 0.25) is 0 Å². The molecule has 16 heavy (non-hydrogen) atoms. The molecule has 88 valence electrons. The number of thiocarbonyl (C=S) groups is 1. The molecule has 0 fully saturated rings. The van der Waals surface area contributed by atoms with E-state index in [1.54, 1.807) is 24.9 Å². The number of benzene rings is 1. The van der Waals surface area contributed by atoms with Crippen molar-refractivity contribution in [3.63, 3.8) is 0 Å². The Morgan fingerprint density at radius 2 is 2.19 bits per heavy atom. The van der Waals surface area contributed by atoms with E-state index in [1.165, 1.54) is 6.07 Å². The van der Waals surface area contributed by atoms with Crippen LogP contribution in [0, 0.1) is 5.82 Å². The molecule has 0 atom stereocenters. The zero-order chi connectivity index (χ0) is 11.8. The first-order valence-electron chi connectivity index (χ1n) is 5.00. The van der Waals surface area contributed by atoms with E-state index in [0.717, 1.165) is 17.9 Å². The van der Waals surface area contributed by atoms with E-state index in [4.69, 9.17) is 12.2 Å². The SMILES string of the molecule is CNC(=S)NCCSCc1ccccc1F. The van der Waals surface area contributed by atoms with Crippen LogP contribution in [-0.2, 0) is 5.75 Å². The zero-order valence-corrected chi connectivity index (χ0v) is 10.8. The number of nitrogens with one attached hydrogen (secondary N) is 2. The Morgan fingerprint density at radius 3 is 2.88 bits per heavy atom. The van der Waals surface area contributed by atoms with Crippen LogP contribution in [0.4, 0.5) is 4.39 Å². The molecule has 1 rings (SSSR count). The maximum atomic E-state index is 13.2. The molecule has 0 saturated carbocycles. The summed E-state index contributed by atoms with van der Waals surface area (Å²) in [5.74, 6) is 1.46.